The van der Waals surface area contributed by atoms with Crippen LogP contribution in [0.1, 0.15) is 10.4 Å². The molecule has 0 aliphatic heterocycles. The highest BCUT2D eigenvalue weighted by molar-refractivity contribution is 6.67. The van der Waals surface area contributed by atoms with Crippen molar-refractivity contribution >= 4 is 30.2 Å². The maximum Gasteiger partial charge on any atom is 0.252 e. The van der Waals surface area contributed by atoms with Gasteiger partial charge in [0.1, 0.15) is 7.85 Å². The first kappa shape index (κ1) is 7.35. The molecule has 3 heteroatoms. The largest absolute Gasteiger partial charge is 0.276 e. The molecule has 0 spiro atoms. The van der Waals surface area contributed by atoms with Gasteiger partial charge in [0.15, 0.2) is 0 Å². The van der Waals surface area contributed by atoms with Gasteiger partial charge in [-0.15, -0.1) is 0 Å². The van der Waals surface area contributed by atoms with Gasteiger partial charge in [0, 0.05) is 5.56 Å². The van der Waals surface area contributed by atoms with Crippen LogP contribution in [-0.2, 0) is 0 Å². The summed E-state index contributed by atoms with van der Waals surface area (Å²) in [6, 6.07) is 6.44. The summed E-state index contributed by atoms with van der Waals surface area (Å²) >= 11 is 5.18. The Kier molecular flexibility index (Phi) is 2.12. The van der Waals surface area contributed by atoms with Crippen LogP contribution < -0.4 is 5.46 Å². The first-order valence-electron chi connectivity index (χ1n) is 2.75. The highest BCUT2D eigenvalue weighted by atomic mass is 35.5. The highest BCUT2D eigenvalue weighted by Gasteiger charge is 1.97. The third-order valence-electron chi connectivity index (χ3n) is 1.14. The van der Waals surface area contributed by atoms with E-state index in [1.165, 1.54) is 0 Å². The number of halogens is 1. The summed E-state index contributed by atoms with van der Waals surface area (Å²) in [7, 11) is 5.37. The van der Waals surface area contributed by atoms with Crippen molar-refractivity contribution in [2.75, 3.05) is 0 Å². The molecule has 2 radical (unpaired) electrons. The molecule has 0 unspecified atom stereocenters. The molecule has 1 aromatic carbocycles. The lowest BCUT2D eigenvalue weighted by Crippen LogP contribution is -2.01. The molecule has 0 saturated heterocycles. The quantitative estimate of drug-likeness (QED) is 0.429. The number of hydrogen-bond donors (Lipinski definition) is 0. The van der Waals surface area contributed by atoms with Crippen LogP contribution in [0.15, 0.2) is 24.3 Å². The van der Waals surface area contributed by atoms with Gasteiger partial charge in [-0.05, 0) is 11.6 Å². The maximum atomic E-state index is 10.5. The Balaban J connectivity index is 3.00. The van der Waals surface area contributed by atoms with E-state index < -0.39 is 5.24 Å². The summed E-state index contributed by atoms with van der Waals surface area (Å²) in [5.74, 6) is 0. The highest BCUT2D eigenvalue weighted by Crippen LogP contribution is 2.00. The van der Waals surface area contributed by atoms with Crippen LogP contribution in [0.2, 0.25) is 0 Å². The van der Waals surface area contributed by atoms with Gasteiger partial charge in [0.05, 0.1) is 0 Å². The summed E-state index contributed by atoms with van der Waals surface area (Å²) in [4.78, 5) is 10.5. The van der Waals surface area contributed by atoms with Gasteiger partial charge in [0.25, 0.3) is 5.24 Å². The number of carbonyl (C=O) groups is 1. The van der Waals surface area contributed by atoms with Gasteiger partial charge >= 0.3 is 0 Å². The zero-order chi connectivity index (χ0) is 7.56. The lowest BCUT2D eigenvalue weighted by atomic mass is 9.96. The van der Waals surface area contributed by atoms with E-state index in [4.69, 9.17) is 19.4 Å². The molecule has 0 aliphatic rings. The smallest absolute Gasteiger partial charge is 0.252 e. The van der Waals surface area contributed by atoms with Crippen LogP contribution >= 0.6 is 11.6 Å². The van der Waals surface area contributed by atoms with Gasteiger partial charge in [0.2, 0.25) is 0 Å². The van der Waals surface area contributed by atoms with Crippen LogP contribution in [0.25, 0.3) is 0 Å². The molecule has 0 saturated carbocycles. The summed E-state index contributed by atoms with van der Waals surface area (Å²) < 4.78 is 0. The van der Waals surface area contributed by atoms with Crippen LogP contribution in [0.3, 0.4) is 0 Å². The first-order valence-corrected chi connectivity index (χ1v) is 3.13. The Morgan fingerprint density at radius 3 is 2.20 bits per heavy atom. The summed E-state index contributed by atoms with van der Waals surface area (Å²) in [5, 5.41) is -0.458. The monoisotopic (exact) mass is 150 g/mol. The van der Waals surface area contributed by atoms with Gasteiger partial charge in [-0.2, -0.15) is 0 Å². The van der Waals surface area contributed by atoms with E-state index in [0.29, 0.717) is 11.0 Å². The molecule has 0 atom stereocenters. The van der Waals surface area contributed by atoms with Crippen molar-refractivity contribution in [3.63, 3.8) is 0 Å². The van der Waals surface area contributed by atoms with Crippen LogP contribution in [0.4, 0.5) is 0 Å². The molecule has 0 heterocycles. The molecule has 0 bridgehead atoms. The van der Waals surface area contributed by atoms with Crippen molar-refractivity contribution in [2.24, 2.45) is 0 Å². The average Bonchev–Trinajstić information content (AvgIpc) is 1.88. The first-order chi connectivity index (χ1) is 4.70. The van der Waals surface area contributed by atoms with Crippen LogP contribution in [0, 0.1) is 0 Å². The van der Waals surface area contributed by atoms with Crippen molar-refractivity contribution < 1.29 is 4.79 Å². The van der Waals surface area contributed by atoms with E-state index in [0.717, 1.165) is 0 Å². The Bertz CT molecular complexity index is 242. The van der Waals surface area contributed by atoms with Gasteiger partial charge < -0.3 is 0 Å². The normalized spacial score (nSPS) is 9.30. The molecule has 0 N–H and O–H groups in total. The van der Waals surface area contributed by atoms with Gasteiger partial charge in [-0.1, -0.05) is 29.7 Å². The minimum absolute atomic E-state index is 0.458. The lowest BCUT2D eigenvalue weighted by molar-refractivity contribution is 0.108. The molecule has 1 nitrogen and oxygen atoms in total. The van der Waals surface area contributed by atoms with E-state index in [9.17, 15) is 4.79 Å². The zero-order valence-corrected chi connectivity index (χ0v) is 5.93. The average molecular weight is 150 g/mol. The number of rotatable bonds is 1. The molecular formula is C7H4BClO. The van der Waals surface area contributed by atoms with E-state index in [1.54, 1.807) is 24.3 Å². The maximum absolute atomic E-state index is 10.5. The Hall–Kier alpha value is -0.755. The van der Waals surface area contributed by atoms with Gasteiger partial charge in [-0.25, -0.2) is 0 Å². The van der Waals surface area contributed by atoms with Crippen molar-refractivity contribution in [1.29, 1.82) is 0 Å². The third-order valence-corrected chi connectivity index (χ3v) is 1.36. The predicted octanol–water partition coefficient (Wildman–Crippen LogP) is 0.859. The second-order valence-electron chi connectivity index (χ2n) is 1.90. The molecule has 1 aromatic rings. The molecule has 0 fully saturated rings. The van der Waals surface area contributed by atoms with Crippen molar-refractivity contribution in [3.8, 4) is 0 Å². The Morgan fingerprint density at radius 1 is 1.30 bits per heavy atom. The molecular weight excluding hydrogens is 146 g/mol. The van der Waals surface area contributed by atoms with E-state index in [-0.39, 0.29) is 0 Å². The van der Waals surface area contributed by atoms with Crippen molar-refractivity contribution in [3.05, 3.63) is 29.8 Å². The number of hydrogen-bond acceptors (Lipinski definition) is 1. The Morgan fingerprint density at radius 2 is 1.80 bits per heavy atom. The molecule has 1 rings (SSSR count). The fourth-order valence-corrected chi connectivity index (χ4v) is 0.740. The van der Waals surface area contributed by atoms with E-state index >= 15 is 0 Å². The summed E-state index contributed by atoms with van der Waals surface area (Å²) in [6.07, 6.45) is 0. The fraction of sp³-hybridized carbons (Fsp3) is 0. The summed E-state index contributed by atoms with van der Waals surface area (Å²) in [6.45, 7) is 0. The molecule has 0 amide bonds. The second-order valence-corrected chi connectivity index (χ2v) is 2.24. The Labute approximate surface area is 65.4 Å². The van der Waals surface area contributed by atoms with Crippen molar-refractivity contribution in [2.45, 2.75) is 0 Å². The SMILES string of the molecule is [B]c1ccc(C(=O)Cl)cc1. The van der Waals surface area contributed by atoms with Gasteiger partial charge in [-0.3, -0.25) is 4.79 Å². The standard InChI is InChI=1S/C7H4BClO/c8-6-3-1-5(2-4-6)7(9)10/h1-4H. The lowest BCUT2D eigenvalue weighted by Gasteiger charge is -1.92. The second kappa shape index (κ2) is 2.89. The topological polar surface area (TPSA) is 17.1 Å². The molecule has 0 aromatic heterocycles. The van der Waals surface area contributed by atoms with Crippen LogP contribution in [0.5, 0.6) is 0 Å². The molecule has 48 valence electrons. The molecule has 0 aliphatic carbocycles. The zero-order valence-electron chi connectivity index (χ0n) is 5.17. The fourth-order valence-electron chi connectivity index (χ4n) is 0.614. The minimum Gasteiger partial charge on any atom is -0.276 e. The van der Waals surface area contributed by atoms with E-state index in [2.05, 4.69) is 0 Å². The van der Waals surface area contributed by atoms with Crippen molar-refractivity contribution in [1.82, 2.24) is 0 Å². The molecule has 10 heavy (non-hydrogen) atoms. The minimum atomic E-state index is -0.458. The predicted molar refractivity (Wildman–Crippen MR) is 42.0 cm³/mol. The summed E-state index contributed by atoms with van der Waals surface area (Å²) in [5.41, 5.74) is 1.09. The number of benzene rings is 1. The third kappa shape index (κ3) is 1.61. The van der Waals surface area contributed by atoms with E-state index in [1.807, 2.05) is 0 Å². The number of carbonyl (C=O) groups excluding carboxylic acids is 1. The van der Waals surface area contributed by atoms with Crippen LogP contribution in [-0.4, -0.2) is 13.1 Å².